The van der Waals surface area contributed by atoms with E-state index in [1.54, 1.807) is 14.0 Å². The smallest absolute Gasteiger partial charge is 0.305 e. The Kier molecular flexibility index (Phi) is 6.42. The molecule has 1 aliphatic rings. The Morgan fingerprint density at radius 2 is 1.75 bits per heavy atom. The zero-order valence-electron chi connectivity index (χ0n) is 10.2. The van der Waals surface area contributed by atoms with Crippen molar-refractivity contribution in [1.82, 2.24) is 0 Å². The lowest BCUT2D eigenvalue weighted by Crippen LogP contribution is -2.26. The molecule has 16 heavy (non-hydrogen) atoms. The summed E-state index contributed by atoms with van der Waals surface area (Å²) in [4.78, 5) is 10.9. The van der Waals surface area contributed by atoms with E-state index in [2.05, 4.69) is 0 Å². The quantitative estimate of drug-likeness (QED) is 0.516. The molecule has 0 bridgehead atoms. The van der Waals surface area contributed by atoms with Crippen LogP contribution in [0.2, 0.25) is 0 Å². The van der Waals surface area contributed by atoms with Gasteiger partial charge in [0.2, 0.25) is 0 Å². The maximum absolute atomic E-state index is 10.9. The molecule has 0 aliphatic heterocycles. The maximum atomic E-state index is 10.9. The third kappa shape index (κ3) is 4.94. The molecule has 1 rings (SSSR count). The van der Waals surface area contributed by atoms with Crippen LogP contribution < -0.4 is 0 Å². The van der Waals surface area contributed by atoms with Crippen LogP contribution in [0.5, 0.6) is 0 Å². The summed E-state index contributed by atoms with van der Waals surface area (Å²) < 4.78 is 15.9. The van der Waals surface area contributed by atoms with Crippen LogP contribution in [0.3, 0.4) is 0 Å². The molecule has 0 unspecified atom stereocenters. The lowest BCUT2D eigenvalue weighted by molar-refractivity contribution is -0.145. The third-order valence-corrected chi connectivity index (χ3v) is 2.94. The molecule has 0 aromatic rings. The van der Waals surface area contributed by atoms with Gasteiger partial charge in [-0.15, -0.1) is 0 Å². The molecule has 0 aromatic carbocycles. The van der Waals surface area contributed by atoms with Gasteiger partial charge in [-0.1, -0.05) is 6.92 Å². The normalized spacial score (nSPS) is 25.4. The highest BCUT2D eigenvalue weighted by molar-refractivity contribution is 5.68. The molecule has 4 nitrogen and oxygen atoms in total. The van der Waals surface area contributed by atoms with Crippen LogP contribution in [0.15, 0.2) is 0 Å². The van der Waals surface area contributed by atoms with Crippen LogP contribution in [0.4, 0.5) is 0 Å². The van der Waals surface area contributed by atoms with Crippen molar-refractivity contribution in [1.29, 1.82) is 0 Å². The number of carbonyl (C=O) groups is 1. The minimum Gasteiger partial charge on any atom is -0.463 e. The molecule has 0 atom stereocenters. The molecule has 0 aromatic heterocycles. The Labute approximate surface area is 97.2 Å². The van der Waals surface area contributed by atoms with Gasteiger partial charge in [-0.25, -0.2) is 0 Å². The molecule has 1 aliphatic carbocycles. The second kappa shape index (κ2) is 7.63. The van der Waals surface area contributed by atoms with E-state index in [9.17, 15) is 4.79 Å². The lowest BCUT2D eigenvalue weighted by Gasteiger charge is -2.27. The molecule has 94 valence electrons. The van der Waals surface area contributed by atoms with Gasteiger partial charge in [0.25, 0.3) is 0 Å². The van der Waals surface area contributed by atoms with E-state index in [0.29, 0.717) is 31.8 Å². The highest BCUT2D eigenvalue weighted by atomic mass is 16.6. The average molecular weight is 230 g/mol. The average Bonchev–Trinajstić information content (AvgIpc) is 2.35. The standard InChI is InChI=1S/C12H22O4/c1-3-12(13)16-9-8-15-11-6-4-10(14-2)5-7-11/h10-11H,3-9H2,1-2H3. The number of hydrogen-bond acceptors (Lipinski definition) is 4. The van der Waals surface area contributed by atoms with Crippen LogP contribution in [0.25, 0.3) is 0 Å². The minimum atomic E-state index is -0.160. The fraction of sp³-hybridized carbons (Fsp3) is 0.917. The molecular formula is C12H22O4. The van der Waals surface area contributed by atoms with Gasteiger partial charge in [-0.3, -0.25) is 4.79 Å². The summed E-state index contributed by atoms with van der Waals surface area (Å²) in [5.74, 6) is -0.160. The van der Waals surface area contributed by atoms with Crippen molar-refractivity contribution in [2.75, 3.05) is 20.3 Å². The van der Waals surface area contributed by atoms with E-state index >= 15 is 0 Å². The topological polar surface area (TPSA) is 44.8 Å². The van der Waals surface area contributed by atoms with Crippen LogP contribution >= 0.6 is 0 Å². The molecule has 0 saturated heterocycles. The Balaban J connectivity index is 2.00. The van der Waals surface area contributed by atoms with Gasteiger partial charge >= 0.3 is 5.97 Å². The van der Waals surface area contributed by atoms with Crippen LogP contribution in [0.1, 0.15) is 39.0 Å². The van der Waals surface area contributed by atoms with Crippen molar-refractivity contribution in [3.63, 3.8) is 0 Å². The fourth-order valence-electron chi connectivity index (χ4n) is 1.91. The first-order chi connectivity index (χ1) is 7.76. The summed E-state index contributed by atoms with van der Waals surface area (Å²) in [6, 6.07) is 0. The van der Waals surface area contributed by atoms with Gasteiger partial charge in [-0.2, -0.15) is 0 Å². The molecule has 0 heterocycles. The van der Waals surface area contributed by atoms with E-state index in [4.69, 9.17) is 14.2 Å². The van der Waals surface area contributed by atoms with Crippen molar-refractivity contribution in [2.24, 2.45) is 0 Å². The highest BCUT2D eigenvalue weighted by Crippen LogP contribution is 2.22. The first-order valence-corrected chi connectivity index (χ1v) is 6.06. The van der Waals surface area contributed by atoms with Crippen LogP contribution in [-0.4, -0.2) is 38.5 Å². The number of ether oxygens (including phenoxy) is 3. The van der Waals surface area contributed by atoms with Gasteiger partial charge in [0.05, 0.1) is 18.8 Å². The SMILES string of the molecule is CCC(=O)OCCOC1CCC(OC)CC1. The summed E-state index contributed by atoms with van der Waals surface area (Å²) in [6.07, 6.45) is 5.36. The molecule has 0 N–H and O–H groups in total. The van der Waals surface area contributed by atoms with Crippen molar-refractivity contribution in [3.05, 3.63) is 0 Å². The van der Waals surface area contributed by atoms with Crippen molar-refractivity contribution in [3.8, 4) is 0 Å². The van der Waals surface area contributed by atoms with Crippen LogP contribution in [-0.2, 0) is 19.0 Å². The summed E-state index contributed by atoms with van der Waals surface area (Å²) in [7, 11) is 1.76. The van der Waals surface area contributed by atoms with Crippen molar-refractivity contribution >= 4 is 5.97 Å². The van der Waals surface area contributed by atoms with E-state index in [1.165, 1.54) is 0 Å². The van der Waals surface area contributed by atoms with Gasteiger partial charge in [0.15, 0.2) is 0 Å². The first-order valence-electron chi connectivity index (χ1n) is 6.06. The number of esters is 1. The van der Waals surface area contributed by atoms with E-state index in [-0.39, 0.29) is 5.97 Å². The minimum absolute atomic E-state index is 0.160. The Morgan fingerprint density at radius 3 is 2.31 bits per heavy atom. The summed E-state index contributed by atoms with van der Waals surface area (Å²) >= 11 is 0. The second-order valence-electron chi connectivity index (χ2n) is 4.08. The lowest BCUT2D eigenvalue weighted by atomic mass is 9.95. The van der Waals surface area contributed by atoms with Gasteiger partial charge in [0.1, 0.15) is 6.61 Å². The monoisotopic (exact) mass is 230 g/mol. The molecule has 0 radical (unpaired) electrons. The van der Waals surface area contributed by atoms with Crippen molar-refractivity contribution < 1.29 is 19.0 Å². The number of rotatable bonds is 6. The molecule has 4 heteroatoms. The maximum Gasteiger partial charge on any atom is 0.305 e. The zero-order valence-corrected chi connectivity index (χ0v) is 10.2. The molecule has 0 amide bonds. The number of methoxy groups -OCH3 is 1. The Morgan fingerprint density at radius 1 is 1.12 bits per heavy atom. The number of carbonyl (C=O) groups excluding carboxylic acids is 1. The van der Waals surface area contributed by atoms with E-state index < -0.39 is 0 Å². The van der Waals surface area contributed by atoms with E-state index in [1.807, 2.05) is 0 Å². The highest BCUT2D eigenvalue weighted by Gasteiger charge is 2.20. The predicted molar refractivity (Wildman–Crippen MR) is 60.3 cm³/mol. The Hall–Kier alpha value is -0.610. The zero-order chi connectivity index (χ0) is 11.8. The Bertz CT molecular complexity index is 197. The van der Waals surface area contributed by atoms with Crippen LogP contribution in [0, 0.1) is 0 Å². The van der Waals surface area contributed by atoms with Crippen molar-refractivity contribution in [2.45, 2.75) is 51.2 Å². The summed E-state index contributed by atoms with van der Waals surface area (Å²) in [5.41, 5.74) is 0. The third-order valence-electron chi connectivity index (χ3n) is 2.94. The van der Waals surface area contributed by atoms with Gasteiger partial charge in [0, 0.05) is 13.5 Å². The largest absolute Gasteiger partial charge is 0.463 e. The molecule has 1 saturated carbocycles. The van der Waals surface area contributed by atoms with Gasteiger partial charge in [-0.05, 0) is 25.7 Å². The number of hydrogen-bond donors (Lipinski definition) is 0. The molecular weight excluding hydrogens is 208 g/mol. The second-order valence-corrected chi connectivity index (χ2v) is 4.08. The molecule has 1 fully saturated rings. The fourth-order valence-corrected chi connectivity index (χ4v) is 1.91. The summed E-state index contributed by atoms with van der Waals surface area (Å²) in [5, 5.41) is 0. The van der Waals surface area contributed by atoms with E-state index in [0.717, 1.165) is 25.7 Å². The van der Waals surface area contributed by atoms with Gasteiger partial charge < -0.3 is 14.2 Å². The first kappa shape index (κ1) is 13.5. The predicted octanol–water partition coefficient (Wildman–Crippen LogP) is 1.91. The molecule has 0 spiro atoms. The summed E-state index contributed by atoms with van der Waals surface area (Å²) in [6.45, 7) is 2.67.